The van der Waals surface area contributed by atoms with E-state index in [1.807, 2.05) is 36.4 Å². The van der Waals surface area contributed by atoms with Crippen molar-refractivity contribution in [1.82, 2.24) is 0 Å². The molecule has 0 fully saturated rings. The van der Waals surface area contributed by atoms with E-state index in [4.69, 9.17) is 22.1 Å². The van der Waals surface area contributed by atoms with Crippen LogP contribution in [-0.4, -0.2) is 12.5 Å². The first-order valence-electron chi connectivity index (χ1n) is 6.61. The normalized spacial score (nSPS) is 10.3. The number of carbonyl (C=O) groups excluding carboxylic acids is 1. The molecule has 21 heavy (non-hydrogen) atoms. The molecule has 4 nitrogen and oxygen atoms in total. The van der Waals surface area contributed by atoms with Gasteiger partial charge in [-0.2, -0.15) is 0 Å². The zero-order valence-electron chi connectivity index (χ0n) is 11.5. The lowest BCUT2D eigenvalue weighted by Crippen LogP contribution is -2.15. The van der Waals surface area contributed by atoms with Gasteiger partial charge in [-0.15, -0.1) is 0 Å². The number of hydrogen-bond acceptors (Lipinski definition) is 3. The molecule has 2 aromatic carbocycles. The van der Waals surface area contributed by atoms with Crippen LogP contribution in [0.15, 0.2) is 48.5 Å². The fourth-order valence-corrected chi connectivity index (χ4v) is 2.02. The molecule has 0 radical (unpaired) electrons. The molecule has 0 heterocycles. The Bertz CT molecular complexity index is 617. The summed E-state index contributed by atoms with van der Waals surface area (Å²) in [4.78, 5) is 11.8. The van der Waals surface area contributed by atoms with Crippen LogP contribution in [0.5, 0.6) is 0 Å². The number of halogens is 1. The molecule has 0 atom stereocenters. The monoisotopic (exact) mass is 304 g/mol. The number of amides is 1. The molecule has 110 valence electrons. The molecule has 0 aliphatic heterocycles. The highest BCUT2D eigenvalue weighted by molar-refractivity contribution is 6.30. The lowest BCUT2D eigenvalue weighted by molar-refractivity contribution is -0.117. The average Bonchev–Trinajstić information content (AvgIpc) is 2.46. The summed E-state index contributed by atoms with van der Waals surface area (Å²) in [5.74, 6) is -0.126. The van der Waals surface area contributed by atoms with E-state index in [0.717, 1.165) is 5.56 Å². The molecule has 3 N–H and O–H groups in total. The van der Waals surface area contributed by atoms with E-state index in [9.17, 15) is 4.79 Å². The fourth-order valence-electron chi connectivity index (χ4n) is 1.81. The van der Waals surface area contributed by atoms with Gasteiger partial charge in [0.25, 0.3) is 0 Å². The number of rotatable bonds is 6. The second-order valence-corrected chi connectivity index (χ2v) is 5.00. The Morgan fingerprint density at radius 2 is 2.00 bits per heavy atom. The minimum atomic E-state index is -0.126. The molecular formula is C16H17ClN2O2. The van der Waals surface area contributed by atoms with Gasteiger partial charge in [0.05, 0.1) is 31.0 Å². The molecule has 0 aliphatic carbocycles. The standard InChI is InChI=1S/C16H17ClN2O2/c17-13-5-3-4-12(10-13)11-21-9-8-16(20)19-15-7-2-1-6-14(15)18/h1-7,10H,8-9,11,18H2,(H,19,20). The Morgan fingerprint density at radius 3 is 2.76 bits per heavy atom. The van der Waals surface area contributed by atoms with Crippen molar-refractivity contribution in [3.63, 3.8) is 0 Å². The molecular weight excluding hydrogens is 288 g/mol. The predicted molar refractivity (Wildman–Crippen MR) is 85.2 cm³/mol. The highest BCUT2D eigenvalue weighted by atomic mass is 35.5. The summed E-state index contributed by atoms with van der Waals surface area (Å²) in [6, 6.07) is 14.6. The average molecular weight is 305 g/mol. The molecule has 0 bridgehead atoms. The minimum Gasteiger partial charge on any atom is -0.397 e. The zero-order valence-corrected chi connectivity index (χ0v) is 12.3. The fraction of sp³-hybridized carbons (Fsp3) is 0.188. The number of nitrogen functional groups attached to an aromatic ring is 1. The van der Waals surface area contributed by atoms with Gasteiger partial charge in [-0.3, -0.25) is 4.79 Å². The summed E-state index contributed by atoms with van der Waals surface area (Å²) < 4.78 is 5.46. The minimum absolute atomic E-state index is 0.126. The summed E-state index contributed by atoms with van der Waals surface area (Å²) in [5, 5.41) is 3.43. The second-order valence-electron chi connectivity index (χ2n) is 4.57. The topological polar surface area (TPSA) is 64.3 Å². The quantitative estimate of drug-likeness (QED) is 0.634. The Labute approximate surface area is 128 Å². The van der Waals surface area contributed by atoms with Crippen molar-refractivity contribution < 1.29 is 9.53 Å². The number of para-hydroxylation sites is 2. The smallest absolute Gasteiger partial charge is 0.226 e. The van der Waals surface area contributed by atoms with Crippen LogP contribution in [0.4, 0.5) is 11.4 Å². The van der Waals surface area contributed by atoms with Crippen molar-refractivity contribution >= 4 is 28.9 Å². The molecule has 2 aromatic rings. The van der Waals surface area contributed by atoms with Gasteiger partial charge in [-0.25, -0.2) is 0 Å². The molecule has 0 aromatic heterocycles. The second kappa shape index (κ2) is 7.67. The maximum atomic E-state index is 11.8. The number of nitrogens with two attached hydrogens (primary N) is 1. The Kier molecular flexibility index (Phi) is 5.60. The van der Waals surface area contributed by atoms with Crippen molar-refractivity contribution in [3.05, 3.63) is 59.1 Å². The third kappa shape index (κ3) is 5.10. The van der Waals surface area contributed by atoms with Gasteiger partial charge in [0.2, 0.25) is 5.91 Å². The van der Waals surface area contributed by atoms with E-state index in [2.05, 4.69) is 5.32 Å². The Hall–Kier alpha value is -2.04. The maximum Gasteiger partial charge on any atom is 0.226 e. The zero-order chi connectivity index (χ0) is 15.1. The van der Waals surface area contributed by atoms with Crippen LogP contribution in [0.25, 0.3) is 0 Å². The van der Waals surface area contributed by atoms with Gasteiger partial charge < -0.3 is 15.8 Å². The number of benzene rings is 2. The number of nitrogens with one attached hydrogen (secondary N) is 1. The molecule has 1 amide bonds. The van der Waals surface area contributed by atoms with Crippen molar-refractivity contribution in [2.45, 2.75) is 13.0 Å². The molecule has 0 saturated heterocycles. The molecule has 0 saturated carbocycles. The summed E-state index contributed by atoms with van der Waals surface area (Å²) in [7, 11) is 0. The lowest BCUT2D eigenvalue weighted by atomic mass is 10.2. The van der Waals surface area contributed by atoms with Gasteiger partial charge in [-0.1, -0.05) is 35.9 Å². The van der Waals surface area contributed by atoms with E-state index in [0.29, 0.717) is 29.6 Å². The van der Waals surface area contributed by atoms with E-state index in [1.165, 1.54) is 0 Å². The third-order valence-corrected chi connectivity index (χ3v) is 3.10. The summed E-state index contributed by atoms with van der Waals surface area (Å²) in [5.41, 5.74) is 7.91. The van der Waals surface area contributed by atoms with Gasteiger partial charge in [-0.05, 0) is 29.8 Å². The highest BCUT2D eigenvalue weighted by Gasteiger charge is 2.04. The SMILES string of the molecule is Nc1ccccc1NC(=O)CCOCc1cccc(Cl)c1. The van der Waals surface area contributed by atoms with Crippen LogP contribution in [0.3, 0.4) is 0 Å². The van der Waals surface area contributed by atoms with E-state index >= 15 is 0 Å². The van der Waals surface area contributed by atoms with Gasteiger partial charge in [0, 0.05) is 5.02 Å². The number of anilines is 2. The molecule has 0 unspecified atom stereocenters. The lowest BCUT2D eigenvalue weighted by Gasteiger charge is -2.08. The van der Waals surface area contributed by atoms with Crippen molar-refractivity contribution in [2.24, 2.45) is 0 Å². The van der Waals surface area contributed by atoms with Crippen LogP contribution >= 0.6 is 11.6 Å². The van der Waals surface area contributed by atoms with Crippen LogP contribution in [0.1, 0.15) is 12.0 Å². The highest BCUT2D eigenvalue weighted by Crippen LogP contribution is 2.16. The molecule has 0 aliphatic rings. The van der Waals surface area contributed by atoms with Gasteiger partial charge >= 0.3 is 0 Å². The largest absolute Gasteiger partial charge is 0.397 e. The first-order valence-corrected chi connectivity index (χ1v) is 6.99. The predicted octanol–water partition coefficient (Wildman–Crippen LogP) is 3.47. The van der Waals surface area contributed by atoms with Crippen molar-refractivity contribution in [2.75, 3.05) is 17.7 Å². The first kappa shape index (κ1) is 15.4. The van der Waals surface area contributed by atoms with E-state index in [1.54, 1.807) is 12.1 Å². The van der Waals surface area contributed by atoms with Crippen molar-refractivity contribution in [1.29, 1.82) is 0 Å². The van der Waals surface area contributed by atoms with E-state index in [-0.39, 0.29) is 12.3 Å². The van der Waals surface area contributed by atoms with Crippen LogP contribution in [0.2, 0.25) is 5.02 Å². The molecule has 2 rings (SSSR count). The van der Waals surface area contributed by atoms with Crippen molar-refractivity contribution in [3.8, 4) is 0 Å². The summed E-state index contributed by atoms with van der Waals surface area (Å²) >= 11 is 5.88. The number of carbonyl (C=O) groups is 1. The Morgan fingerprint density at radius 1 is 1.19 bits per heavy atom. The van der Waals surface area contributed by atoms with E-state index < -0.39 is 0 Å². The summed E-state index contributed by atoms with van der Waals surface area (Å²) in [6.07, 6.45) is 0.273. The Balaban J connectivity index is 1.71. The van der Waals surface area contributed by atoms with Gasteiger partial charge in [0.15, 0.2) is 0 Å². The van der Waals surface area contributed by atoms with Gasteiger partial charge in [0.1, 0.15) is 0 Å². The number of ether oxygens (including phenoxy) is 1. The third-order valence-electron chi connectivity index (χ3n) is 2.87. The first-order chi connectivity index (χ1) is 10.1. The number of hydrogen-bond donors (Lipinski definition) is 2. The van der Waals surface area contributed by atoms with Crippen LogP contribution < -0.4 is 11.1 Å². The molecule has 5 heteroatoms. The maximum absolute atomic E-state index is 11.8. The van der Waals surface area contributed by atoms with Crippen LogP contribution in [-0.2, 0) is 16.1 Å². The molecule has 0 spiro atoms. The summed E-state index contributed by atoms with van der Waals surface area (Å²) in [6.45, 7) is 0.770. The van der Waals surface area contributed by atoms with Crippen LogP contribution in [0, 0.1) is 0 Å².